The molecule has 4 aromatic carbocycles. The number of fused-ring (bicyclic) bond motifs is 6. The summed E-state index contributed by atoms with van der Waals surface area (Å²) in [5.41, 5.74) is 12.2. The molecule has 0 N–H and O–H groups in total. The molecule has 0 fully saturated rings. The van der Waals surface area contributed by atoms with E-state index in [2.05, 4.69) is 88.4 Å². The number of rotatable bonds is 2. The zero-order chi connectivity index (χ0) is 23.4. The summed E-state index contributed by atoms with van der Waals surface area (Å²) >= 11 is 0. The van der Waals surface area contributed by atoms with Gasteiger partial charge in [-0.15, -0.1) is 0 Å². The van der Waals surface area contributed by atoms with Crippen molar-refractivity contribution in [1.82, 2.24) is 9.97 Å². The highest BCUT2D eigenvalue weighted by atomic mass is 14.7. The summed E-state index contributed by atoms with van der Waals surface area (Å²) in [7, 11) is 0. The van der Waals surface area contributed by atoms with Gasteiger partial charge in [-0.05, 0) is 90.4 Å². The van der Waals surface area contributed by atoms with Crippen molar-refractivity contribution in [1.29, 1.82) is 0 Å². The lowest BCUT2D eigenvalue weighted by molar-refractivity contribution is 1.37. The minimum absolute atomic E-state index is 1.00. The molecule has 0 bridgehead atoms. The van der Waals surface area contributed by atoms with Crippen molar-refractivity contribution < 1.29 is 0 Å². The first kappa shape index (κ1) is 20.6. The van der Waals surface area contributed by atoms with E-state index in [0.29, 0.717) is 0 Å². The zero-order valence-corrected chi connectivity index (χ0v) is 20.0. The van der Waals surface area contributed by atoms with Gasteiger partial charge in [0.05, 0.1) is 11.0 Å². The maximum atomic E-state index is 4.94. The van der Waals surface area contributed by atoms with Crippen LogP contribution < -0.4 is 0 Å². The van der Waals surface area contributed by atoms with Gasteiger partial charge in [0.2, 0.25) is 0 Å². The molecule has 0 radical (unpaired) electrons. The van der Waals surface area contributed by atoms with Gasteiger partial charge >= 0.3 is 0 Å². The van der Waals surface area contributed by atoms with Gasteiger partial charge in [0.15, 0.2) is 0 Å². The normalized spacial score (nSPS) is 11.5. The van der Waals surface area contributed by atoms with Crippen molar-refractivity contribution in [3.63, 3.8) is 0 Å². The van der Waals surface area contributed by atoms with Gasteiger partial charge < -0.3 is 0 Å². The quantitative estimate of drug-likeness (QED) is 0.253. The number of hydrogen-bond acceptors (Lipinski definition) is 2. The van der Waals surface area contributed by atoms with Crippen molar-refractivity contribution in [2.75, 3.05) is 0 Å². The minimum atomic E-state index is 1.00. The molecule has 34 heavy (non-hydrogen) atoms. The van der Waals surface area contributed by atoms with Gasteiger partial charge in [-0.25, -0.2) is 0 Å². The summed E-state index contributed by atoms with van der Waals surface area (Å²) in [4.78, 5) is 9.78. The predicted molar refractivity (Wildman–Crippen MR) is 144 cm³/mol. The predicted octanol–water partition coefficient (Wildman–Crippen LogP) is 8.50. The number of benzene rings is 4. The van der Waals surface area contributed by atoms with E-state index in [4.69, 9.17) is 9.97 Å². The smallest absolute Gasteiger partial charge is 0.0808 e. The van der Waals surface area contributed by atoms with Crippen LogP contribution in [0.2, 0.25) is 0 Å². The van der Waals surface area contributed by atoms with Crippen molar-refractivity contribution in [2.24, 2.45) is 0 Å². The van der Waals surface area contributed by atoms with Gasteiger partial charge in [0.25, 0.3) is 0 Å². The fourth-order valence-corrected chi connectivity index (χ4v) is 5.64. The van der Waals surface area contributed by atoms with Crippen molar-refractivity contribution in [3.05, 3.63) is 107 Å². The van der Waals surface area contributed by atoms with Crippen LogP contribution in [0, 0.1) is 27.7 Å². The third kappa shape index (κ3) is 2.95. The topological polar surface area (TPSA) is 25.8 Å². The molecule has 0 spiro atoms. The Bertz CT molecular complexity index is 1570. The van der Waals surface area contributed by atoms with Crippen molar-refractivity contribution in [2.45, 2.75) is 27.7 Å². The van der Waals surface area contributed by atoms with Crippen LogP contribution in [0.3, 0.4) is 0 Å². The first-order chi connectivity index (χ1) is 16.6. The molecule has 6 rings (SSSR count). The number of hydrogen-bond donors (Lipinski definition) is 0. The second kappa shape index (κ2) is 7.78. The van der Waals surface area contributed by atoms with Crippen molar-refractivity contribution >= 4 is 32.6 Å². The lowest BCUT2D eigenvalue weighted by Crippen LogP contribution is -1.97. The monoisotopic (exact) mass is 438 g/mol. The molecule has 164 valence electrons. The third-order valence-electron chi connectivity index (χ3n) is 7.08. The van der Waals surface area contributed by atoms with E-state index in [1.54, 1.807) is 0 Å². The van der Waals surface area contributed by atoms with Crippen LogP contribution in [0.5, 0.6) is 0 Å². The Hall–Kier alpha value is -4.04. The van der Waals surface area contributed by atoms with Crippen LogP contribution >= 0.6 is 0 Å². The van der Waals surface area contributed by atoms with E-state index in [1.807, 2.05) is 24.5 Å². The maximum Gasteiger partial charge on any atom is 0.0808 e. The number of pyridine rings is 2. The van der Waals surface area contributed by atoms with Crippen LogP contribution in [0.25, 0.3) is 54.8 Å². The van der Waals surface area contributed by atoms with Crippen LogP contribution in [0.4, 0.5) is 0 Å². The Kier molecular flexibility index (Phi) is 4.70. The Labute approximate surface area is 199 Å². The van der Waals surface area contributed by atoms with Crippen LogP contribution in [-0.2, 0) is 0 Å². The number of aryl methyl sites for hydroxylation is 4. The summed E-state index contributed by atoms with van der Waals surface area (Å²) in [5.74, 6) is 0. The van der Waals surface area contributed by atoms with Crippen LogP contribution in [0.1, 0.15) is 22.3 Å². The van der Waals surface area contributed by atoms with Gasteiger partial charge in [-0.3, -0.25) is 9.97 Å². The standard InChI is InChI=1S/C32H26N2/c1-19-9-5-10-20(2)27(19)23-15-16-24(28-21(3)11-6-12-22(28)4)30-29(23)25-13-7-17-33-31(25)26-14-8-18-34-32(26)30/h5-18H,1-4H3. The summed E-state index contributed by atoms with van der Waals surface area (Å²) in [6.07, 6.45) is 3.78. The van der Waals surface area contributed by atoms with E-state index in [0.717, 1.165) is 16.4 Å². The summed E-state index contributed by atoms with van der Waals surface area (Å²) < 4.78 is 0. The highest BCUT2D eigenvalue weighted by molar-refractivity contribution is 6.29. The largest absolute Gasteiger partial charge is 0.256 e. The summed E-state index contributed by atoms with van der Waals surface area (Å²) in [6, 6.07) is 26.1. The first-order valence-corrected chi connectivity index (χ1v) is 11.8. The number of nitrogens with zero attached hydrogens (tertiary/aromatic N) is 2. The average molecular weight is 439 g/mol. The molecule has 2 nitrogen and oxygen atoms in total. The molecular weight excluding hydrogens is 412 g/mol. The zero-order valence-electron chi connectivity index (χ0n) is 20.0. The molecule has 2 aromatic heterocycles. The van der Waals surface area contributed by atoms with E-state index >= 15 is 0 Å². The van der Waals surface area contributed by atoms with Crippen LogP contribution in [-0.4, -0.2) is 9.97 Å². The molecule has 6 aromatic rings. The third-order valence-corrected chi connectivity index (χ3v) is 7.08. The molecule has 0 amide bonds. The Balaban J connectivity index is 1.94. The molecular formula is C32H26N2. The number of aromatic nitrogens is 2. The van der Waals surface area contributed by atoms with Gasteiger partial charge in [0, 0.05) is 33.9 Å². The highest BCUT2D eigenvalue weighted by Gasteiger charge is 2.20. The maximum absolute atomic E-state index is 4.94. The molecule has 0 aliphatic carbocycles. The minimum Gasteiger partial charge on any atom is -0.256 e. The highest BCUT2D eigenvalue weighted by Crippen LogP contribution is 2.45. The molecule has 0 saturated heterocycles. The van der Waals surface area contributed by atoms with E-state index in [1.165, 1.54) is 60.7 Å². The Morgan fingerprint density at radius 1 is 0.441 bits per heavy atom. The van der Waals surface area contributed by atoms with E-state index < -0.39 is 0 Å². The van der Waals surface area contributed by atoms with E-state index in [9.17, 15) is 0 Å². The molecule has 2 heteroatoms. The Morgan fingerprint density at radius 2 is 0.912 bits per heavy atom. The van der Waals surface area contributed by atoms with E-state index in [-0.39, 0.29) is 0 Å². The van der Waals surface area contributed by atoms with Crippen LogP contribution in [0.15, 0.2) is 85.2 Å². The SMILES string of the molecule is Cc1cccc(C)c1-c1ccc(-c2c(C)cccc2C)c2c3ncccc3c3ncccc3c12. The molecule has 0 aliphatic heterocycles. The first-order valence-electron chi connectivity index (χ1n) is 11.8. The van der Waals surface area contributed by atoms with Gasteiger partial charge in [-0.2, -0.15) is 0 Å². The molecule has 0 unspecified atom stereocenters. The summed E-state index contributed by atoms with van der Waals surface area (Å²) in [5, 5.41) is 4.70. The fourth-order valence-electron chi connectivity index (χ4n) is 5.64. The lowest BCUT2D eigenvalue weighted by atomic mass is 9.84. The second-order valence-electron chi connectivity index (χ2n) is 9.24. The lowest BCUT2D eigenvalue weighted by Gasteiger charge is -2.20. The molecule has 2 heterocycles. The van der Waals surface area contributed by atoms with Gasteiger partial charge in [0.1, 0.15) is 0 Å². The molecule has 0 atom stereocenters. The van der Waals surface area contributed by atoms with Crippen molar-refractivity contribution in [3.8, 4) is 22.3 Å². The average Bonchev–Trinajstić information content (AvgIpc) is 2.84. The summed E-state index contributed by atoms with van der Waals surface area (Å²) in [6.45, 7) is 8.80. The molecule has 0 aliphatic rings. The Morgan fingerprint density at radius 3 is 1.47 bits per heavy atom. The fraction of sp³-hybridized carbons (Fsp3) is 0.125. The van der Waals surface area contributed by atoms with Gasteiger partial charge in [-0.1, -0.05) is 54.6 Å². The second-order valence-corrected chi connectivity index (χ2v) is 9.24. The molecule has 0 saturated carbocycles.